The molecule has 0 aliphatic rings. The number of nitrogens with one attached hydrogen (secondary N) is 1. The number of halogens is 2. The summed E-state index contributed by atoms with van der Waals surface area (Å²) >= 11 is 4.09. The second-order valence-electron chi connectivity index (χ2n) is 3.14. The maximum atomic E-state index is 11.7. The van der Waals surface area contributed by atoms with Crippen molar-refractivity contribution in [2.45, 2.75) is 0 Å². The second-order valence-corrected chi connectivity index (χ2v) is 7.07. The molecule has 1 rings (SSSR count). The van der Waals surface area contributed by atoms with Crippen LogP contribution < -0.4 is 34.9 Å². The van der Waals surface area contributed by atoms with E-state index in [2.05, 4.69) is 27.9 Å². The topological polar surface area (TPSA) is 86.3 Å². The van der Waals surface area contributed by atoms with E-state index in [1.54, 1.807) is 12.1 Å². The van der Waals surface area contributed by atoms with Crippen molar-refractivity contribution in [3.05, 3.63) is 30.9 Å². The van der Waals surface area contributed by atoms with Crippen LogP contribution in [0.3, 0.4) is 0 Å². The number of benzene rings is 1. The van der Waals surface area contributed by atoms with Gasteiger partial charge in [0.1, 0.15) is 0 Å². The third-order valence-corrected chi connectivity index (χ3v) is 4.13. The fraction of sp³-hybridized carbons (Fsp3) is 0.222. The van der Waals surface area contributed by atoms with Crippen molar-refractivity contribution >= 4 is 61.2 Å². The molecule has 0 unspecified atom stereocenters. The standard InChI is InChI=1S/C9H9I2NO4S.Na/c10-6-1-2-8(11)7(5-6)9(13)12-3-4-17(14,15)16;/h1-2,5H,3-4H2,(H,12,13)(H,14,15,16);/q;+1/p-1. The van der Waals surface area contributed by atoms with Crippen molar-refractivity contribution in [1.82, 2.24) is 5.32 Å². The fourth-order valence-corrected chi connectivity index (χ4v) is 2.48. The molecule has 0 bridgehead atoms. The van der Waals surface area contributed by atoms with Crippen molar-refractivity contribution in [2.24, 2.45) is 0 Å². The molecule has 0 atom stereocenters. The van der Waals surface area contributed by atoms with Crippen LogP contribution in [-0.2, 0) is 10.1 Å². The van der Waals surface area contributed by atoms with Gasteiger partial charge in [0.2, 0.25) is 0 Å². The first-order chi connectivity index (χ1) is 7.79. The van der Waals surface area contributed by atoms with Crippen LogP contribution in [0.5, 0.6) is 0 Å². The Labute approximate surface area is 155 Å². The molecule has 0 saturated heterocycles. The van der Waals surface area contributed by atoms with Gasteiger partial charge in [0.05, 0.1) is 21.4 Å². The van der Waals surface area contributed by atoms with Crippen molar-refractivity contribution in [1.29, 1.82) is 0 Å². The van der Waals surface area contributed by atoms with E-state index in [1.807, 2.05) is 28.7 Å². The van der Waals surface area contributed by atoms with Gasteiger partial charge in [-0.2, -0.15) is 0 Å². The van der Waals surface area contributed by atoms with Crippen LogP contribution in [0, 0.1) is 7.14 Å². The molecular formula is C9H8I2NNaO4S. The zero-order valence-corrected chi connectivity index (χ0v) is 16.6. The van der Waals surface area contributed by atoms with Gasteiger partial charge in [-0.25, -0.2) is 8.42 Å². The van der Waals surface area contributed by atoms with Crippen LogP contribution >= 0.6 is 45.2 Å². The summed E-state index contributed by atoms with van der Waals surface area (Å²) in [4.78, 5) is 11.7. The summed E-state index contributed by atoms with van der Waals surface area (Å²) in [6.45, 7) is -0.174. The quantitative estimate of drug-likeness (QED) is 0.298. The van der Waals surface area contributed by atoms with Gasteiger partial charge in [0.15, 0.2) is 0 Å². The molecule has 0 heterocycles. The van der Waals surface area contributed by atoms with E-state index in [0.29, 0.717) is 5.56 Å². The number of rotatable bonds is 4. The minimum atomic E-state index is -4.29. The van der Waals surface area contributed by atoms with Crippen LogP contribution in [0.25, 0.3) is 0 Å². The van der Waals surface area contributed by atoms with E-state index in [0.717, 1.165) is 7.14 Å². The van der Waals surface area contributed by atoms with Crippen molar-refractivity contribution in [3.8, 4) is 0 Å². The number of hydrogen-bond acceptors (Lipinski definition) is 4. The van der Waals surface area contributed by atoms with Gasteiger partial charge in [0.25, 0.3) is 5.91 Å². The Kier molecular flexibility index (Phi) is 8.86. The first-order valence-electron chi connectivity index (χ1n) is 4.46. The molecule has 1 amide bonds. The summed E-state index contributed by atoms with van der Waals surface area (Å²) in [6, 6.07) is 5.35. The molecule has 0 radical (unpaired) electrons. The number of carbonyl (C=O) groups excluding carboxylic acids is 1. The van der Waals surface area contributed by atoms with Crippen LogP contribution in [0.1, 0.15) is 10.4 Å². The van der Waals surface area contributed by atoms with E-state index in [1.165, 1.54) is 0 Å². The Bertz CT molecular complexity index is 535. The third-order valence-electron chi connectivity index (χ3n) is 1.81. The molecule has 1 aromatic carbocycles. The summed E-state index contributed by atoms with van der Waals surface area (Å²) in [5, 5.41) is 2.40. The smallest absolute Gasteiger partial charge is 0.748 e. The van der Waals surface area contributed by atoms with E-state index < -0.39 is 15.9 Å². The van der Waals surface area contributed by atoms with Gasteiger partial charge in [-0.3, -0.25) is 4.79 Å². The first kappa shape index (κ1) is 19.1. The molecule has 9 heteroatoms. The van der Waals surface area contributed by atoms with Gasteiger partial charge in [-0.05, 0) is 63.4 Å². The van der Waals surface area contributed by atoms with E-state index in [-0.39, 0.29) is 42.0 Å². The Morgan fingerprint density at radius 3 is 2.50 bits per heavy atom. The first-order valence-corrected chi connectivity index (χ1v) is 8.20. The minimum Gasteiger partial charge on any atom is -0.748 e. The maximum Gasteiger partial charge on any atom is 1.00 e. The maximum absolute atomic E-state index is 11.7. The van der Waals surface area contributed by atoms with Gasteiger partial charge < -0.3 is 9.87 Å². The molecule has 94 valence electrons. The number of carbonyl (C=O) groups is 1. The second kappa shape index (κ2) is 8.37. The molecule has 0 aliphatic carbocycles. The normalized spacial score (nSPS) is 10.6. The minimum absolute atomic E-state index is 0. The predicted molar refractivity (Wildman–Crippen MR) is 78.8 cm³/mol. The summed E-state index contributed by atoms with van der Waals surface area (Å²) in [7, 11) is -4.29. The molecular weight excluding hydrogens is 495 g/mol. The summed E-state index contributed by atoms with van der Waals surface area (Å²) in [6.07, 6.45) is 0. The number of hydrogen-bond donors (Lipinski definition) is 1. The van der Waals surface area contributed by atoms with Gasteiger partial charge in [0, 0.05) is 13.7 Å². The molecule has 0 fully saturated rings. The summed E-state index contributed by atoms with van der Waals surface area (Å²) in [5.74, 6) is -0.976. The van der Waals surface area contributed by atoms with Crippen molar-refractivity contribution < 1.29 is 47.3 Å². The van der Waals surface area contributed by atoms with Gasteiger partial charge in [-0.1, -0.05) is 0 Å². The molecule has 5 nitrogen and oxygen atoms in total. The average molecular weight is 503 g/mol. The average Bonchev–Trinajstić information content (AvgIpc) is 2.19. The molecule has 0 saturated carbocycles. The van der Waals surface area contributed by atoms with Crippen molar-refractivity contribution in [2.75, 3.05) is 12.3 Å². The molecule has 0 aliphatic heterocycles. The Morgan fingerprint density at radius 2 is 1.94 bits per heavy atom. The zero-order chi connectivity index (χ0) is 13.1. The van der Waals surface area contributed by atoms with Crippen LogP contribution in [0.15, 0.2) is 18.2 Å². The predicted octanol–water partition coefficient (Wildman–Crippen LogP) is -1.83. The van der Waals surface area contributed by atoms with E-state index in [9.17, 15) is 17.8 Å². The molecule has 0 spiro atoms. The fourth-order valence-electron chi connectivity index (χ4n) is 1.06. The molecule has 0 aromatic heterocycles. The SMILES string of the molecule is O=C(NCCS(=O)(=O)[O-])c1cc(I)ccc1I.[Na+]. The van der Waals surface area contributed by atoms with E-state index in [4.69, 9.17) is 0 Å². The summed E-state index contributed by atoms with van der Waals surface area (Å²) in [5.41, 5.74) is 0.473. The van der Waals surface area contributed by atoms with Crippen LogP contribution in [0.2, 0.25) is 0 Å². The van der Waals surface area contributed by atoms with Crippen LogP contribution in [-0.4, -0.2) is 31.2 Å². The van der Waals surface area contributed by atoms with E-state index >= 15 is 0 Å². The largest absolute Gasteiger partial charge is 1.00 e. The summed E-state index contributed by atoms with van der Waals surface area (Å²) < 4.78 is 32.8. The third kappa shape index (κ3) is 7.01. The molecule has 18 heavy (non-hydrogen) atoms. The van der Waals surface area contributed by atoms with Crippen molar-refractivity contribution in [3.63, 3.8) is 0 Å². The van der Waals surface area contributed by atoms with Gasteiger partial charge in [-0.15, -0.1) is 0 Å². The Hall–Kier alpha value is 1.06. The zero-order valence-electron chi connectivity index (χ0n) is 9.44. The molecule has 1 N–H and O–H groups in total. The van der Waals surface area contributed by atoms with Crippen LogP contribution in [0.4, 0.5) is 0 Å². The van der Waals surface area contributed by atoms with Gasteiger partial charge >= 0.3 is 29.6 Å². The Balaban J connectivity index is 0.00000289. The number of amides is 1. The monoisotopic (exact) mass is 503 g/mol. The Morgan fingerprint density at radius 1 is 1.33 bits per heavy atom. The molecule has 1 aromatic rings.